The smallest absolute Gasteiger partial charge is 0.276 e. The largest absolute Gasteiger partial charge is 0.369 e. The highest BCUT2D eigenvalue weighted by Crippen LogP contribution is 2.23. The minimum absolute atomic E-state index is 0.0130. The number of rotatable bonds is 2. The average molecular weight is 349 g/mol. The van der Waals surface area contributed by atoms with Crippen LogP contribution in [0.2, 0.25) is 5.02 Å². The lowest BCUT2D eigenvalue weighted by molar-refractivity contribution is -0.119. The van der Waals surface area contributed by atoms with Crippen molar-refractivity contribution >= 4 is 17.5 Å². The lowest BCUT2D eigenvalue weighted by atomic mass is 10.1. The number of nitrogens with zero attached hydrogens (tertiary/aromatic N) is 4. The first kappa shape index (κ1) is 16.9. The molecule has 3 rings (SSSR count). The van der Waals surface area contributed by atoms with Crippen molar-refractivity contribution in [3.63, 3.8) is 0 Å². The summed E-state index contributed by atoms with van der Waals surface area (Å²) < 4.78 is 7.49. The summed E-state index contributed by atoms with van der Waals surface area (Å²) in [6.45, 7) is 8.85. The number of carbonyl (C=O) groups excluding carboxylic acids is 1. The van der Waals surface area contributed by atoms with E-state index < -0.39 is 0 Å². The highest BCUT2D eigenvalue weighted by molar-refractivity contribution is 6.30. The molecule has 1 unspecified atom stereocenters. The summed E-state index contributed by atoms with van der Waals surface area (Å²) in [5.74, 6) is -0.121. The van der Waals surface area contributed by atoms with E-state index in [0.29, 0.717) is 29.5 Å². The fraction of sp³-hybridized carbons (Fsp3) is 0.471. The van der Waals surface area contributed by atoms with Gasteiger partial charge in [0.05, 0.1) is 23.1 Å². The molecule has 1 saturated heterocycles. The zero-order chi connectivity index (χ0) is 17.5. The van der Waals surface area contributed by atoms with Gasteiger partial charge in [-0.15, -0.1) is 5.10 Å². The summed E-state index contributed by atoms with van der Waals surface area (Å²) in [4.78, 5) is 14.7. The third-order valence-corrected chi connectivity index (χ3v) is 4.24. The van der Waals surface area contributed by atoms with Gasteiger partial charge in [-0.1, -0.05) is 22.9 Å². The first-order valence-electron chi connectivity index (χ1n) is 7.92. The van der Waals surface area contributed by atoms with E-state index in [1.54, 1.807) is 21.7 Å². The quantitative estimate of drug-likeness (QED) is 0.837. The number of morpholine rings is 1. The Morgan fingerprint density at radius 1 is 1.42 bits per heavy atom. The third-order valence-electron chi connectivity index (χ3n) is 4.01. The van der Waals surface area contributed by atoms with Crippen LogP contribution in [0, 0.1) is 6.92 Å². The fourth-order valence-electron chi connectivity index (χ4n) is 3.14. The maximum absolute atomic E-state index is 12.9. The number of halogens is 1. The second kappa shape index (κ2) is 6.18. The number of benzene rings is 1. The van der Waals surface area contributed by atoms with Crippen LogP contribution in [0.4, 0.5) is 0 Å². The molecule has 1 amide bonds. The van der Waals surface area contributed by atoms with Gasteiger partial charge in [0, 0.05) is 18.1 Å². The van der Waals surface area contributed by atoms with Gasteiger partial charge in [0.25, 0.3) is 5.91 Å². The molecule has 1 aliphatic heterocycles. The average Bonchev–Trinajstić information content (AvgIpc) is 2.86. The minimum Gasteiger partial charge on any atom is -0.369 e. The van der Waals surface area contributed by atoms with Crippen LogP contribution in [-0.2, 0) is 4.74 Å². The van der Waals surface area contributed by atoms with E-state index in [1.165, 1.54) is 0 Å². The van der Waals surface area contributed by atoms with Gasteiger partial charge >= 0.3 is 0 Å². The Hall–Kier alpha value is -1.92. The molecule has 0 bridgehead atoms. The summed E-state index contributed by atoms with van der Waals surface area (Å²) in [5, 5.41) is 8.85. The number of carbonyl (C=O) groups is 1. The molecule has 0 saturated carbocycles. The number of amides is 1. The Bertz CT molecular complexity index is 772. The lowest BCUT2D eigenvalue weighted by Gasteiger charge is -2.41. The molecule has 1 atom stereocenters. The molecule has 24 heavy (non-hydrogen) atoms. The van der Waals surface area contributed by atoms with Crippen LogP contribution in [0.1, 0.15) is 37.0 Å². The maximum atomic E-state index is 12.9. The first-order valence-corrected chi connectivity index (χ1v) is 8.30. The van der Waals surface area contributed by atoms with E-state index >= 15 is 0 Å². The molecule has 7 heteroatoms. The standard InChI is InChI=1S/C17H21ClN4O2/c1-11-9-21(10-17(3,4)24-11)16(23)15-12(2)22(20-19-15)14-7-5-6-13(18)8-14/h5-8,11H,9-10H2,1-4H3. The van der Waals surface area contributed by atoms with Gasteiger partial charge in [-0.05, 0) is 45.9 Å². The first-order chi connectivity index (χ1) is 11.3. The monoisotopic (exact) mass is 348 g/mol. The molecule has 1 fully saturated rings. The molecule has 1 aliphatic rings. The molecular weight excluding hydrogens is 328 g/mol. The van der Waals surface area contributed by atoms with Gasteiger partial charge in [-0.2, -0.15) is 0 Å². The Morgan fingerprint density at radius 2 is 2.17 bits per heavy atom. The Labute approximate surface area is 146 Å². The molecule has 0 aliphatic carbocycles. The van der Waals surface area contributed by atoms with Crippen molar-refractivity contribution in [2.45, 2.75) is 39.4 Å². The molecule has 2 aromatic rings. The van der Waals surface area contributed by atoms with Crippen molar-refractivity contribution in [3.05, 3.63) is 40.7 Å². The highest BCUT2D eigenvalue weighted by Gasteiger charge is 2.35. The van der Waals surface area contributed by atoms with Crippen LogP contribution in [0.15, 0.2) is 24.3 Å². The lowest BCUT2D eigenvalue weighted by Crippen LogP contribution is -2.54. The predicted molar refractivity (Wildman–Crippen MR) is 91.6 cm³/mol. The third kappa shape index (κ3) is 3.30. The molecule has 0 N–H and O–H groups in total. The van der Waals surface area contributed by atoms with E-state index in [1.807, 2.05) is 39.8 Å². The van der Waals surface area contributed by atoms with Gasteiger partial charge < -0.3 is 9.64 Å². The van der Waals surface area contributed by atoms with E-state index in [0.717, 1.165) is 5.69 Å². The van der Waals surface area contributed by atoms with Crippen molar-refractivity contribution in [3.8, 4) is 5.69 Å². The predicted octanol–water partition coefficient (Wildman–Crippen LogP) is 2.87. The second-order valence-corrected chi connectivity index (χ2v) is 7.23. The molecule has 0 radical (unpaired) electrons. The molecule has 2 heterocycles. The van der Waals surface area contributed by atoms with E-state index in [-0.39, 0.29) is 17.6 Å². The van der Waals surface area contributed by atoms with Gasteiger partial charge in [0.2, 0.25) is 0 Å². The molecule has 1 aromatic carbocycles. The van der Waals surface area contributed by atoms with E-state index in [2.05, 4.69) is 10.3 Å². The van der Waals surface area contributed by atoms with Gasteiger partial charge in [-0.3, -0.25) is 4.79 Å². The summed E-state index contributed by atoms with van der Waals surface area (Å²) in [6.07, 6.45) is -0.0130. The maximum Gasteiger partial charge on any atom is 0.276 e. The molecular formula is C17H21ClN4O2. The van der Waals surface area contributed by atoms with Crippen LogP contribution in [0.5, 0.6) is 0 Å². The second-order valence-electron chi connectivity index (χ2n) is 6.79. The minimum atomic E-state index is -0.371. The van der Waals surface area contributed by atoms with Crippen LogP contribution in [0.3, 0.4) is 0 Å². The van der Waals surface area contributed by atoms with E-state index in [9.17, 15) is 4.79 Å². The number of ether oxygens (including phenoxy) is 1. The number of aromatic nitrogens is 3. The van der Waals surface area contributed by atoms with Crippen LogP contribution in [0.25, 0.3) is 5.69 Å². The number of hydrogen-bond donors (Lipinski definition) is 0. The van der Waals surface area contributed by atoms with Crippen molar-refractivity contribution in [2.75, 3.05) is 13.1 Å². The zero-order valence-electron chi connectivity index (χ0n) is 14.3. The normalized spacial score (nSPS) is 20.2. The number of hydrogen-bond acceptors (Lipinski definition) is 4. The topological polar surface area (TPSA) is 60.3 Å². The molecule has 6 nitrogen and oxygen atoms in total. The fourth-order valence-corrected chi connectivity index (χ4v) is 3.32. The Kier molecular flexibility index (Phi) is 4.36. The summed E-state index contributed by atoms with van der Waals surface area (Å²) in [5.41, 5.74) is 1.46. The Balaban J connectivity index is 1.89. The van der Waals surface area contributed by atoms with Crippen molar-refractivity contribution in [1.82, 2.24) is 19.9 Å². The molecule has 1 aromatic heterocycles. The summed E-state index contributed by atoms with van der Waals surface area (Å²) in [7, 11) is 0. The molecule has 128 valence electrons. The van der Waals surface area contributed by atoms with Crippen LogP contribution < -0.4 is 0 Å². The van der Waals surface area contributed by atoms with Crippen LogP contribution in [-0.4, -0.2) is 50.6 Å². The summed E-state index contributed by atoms with van der Waals surface area (Å²) >= 11 is 6.04. The van der Waals surface area contributed by atoms with Crippen molar-refractivity contribution in [2.24, 2.45) is 0 Å². The van der Waals surface area contributed by atoms with E-state index in [4.69, 9.17) is 16.3 Å². The Morgan fingerprint density at radius 3 is 2.83 bits per heavy atom. The molecule has 0 spiro atoms. The van der Waals surface area contributed by atoms with Crippen molar-refractivity contribution in [1.29, 1.82) is 0 Å². The van der Waals surface area contributed by atoms with Crippen LogP contribution >= 0.6 is 11.6 Å². The summed E-state index contributed by atoms with van der Waals surface area (Å²) in [6, 6.07) is 7.30. The van der Waals surface area contributed by atoms with Gasteiger partial charge in [0.1, 0.15) is 0 Å². The SMILES string of the molecule is Cc1c(C(=O)N2CC(C)OC(C)(C)C2)nnn1-c1cccc(Cl)c1. The van der Waals surface area contributed by atoms with Crippen molar-refractivity contribution < 1.29 is 9.53 Å². The highest BCUT2D eigenvalue weighted by atomic mass is 35.5. The zero-order valence-corrected chi connectivity index (χ0v) is 15.0. The van der Waals surface area contributed by atoms with Gasteiger partial charge in [-0.25, -0.2) is 4.68 Å². The van der Waals surface area contributed by atoms with Gasteiger partial charge in [0.15, 0.2) is 5.69 Å².